The van der Waals surface area contributed by atoms with Crippen LogP contribution in [0.2, 0.25) is 0 Å². The third-order valence-corrected chi connectivity index (χ3v) is 3.54. The lowest BCUT2D eigenvalue weighted by molar-refractivity contribution is 0.789. The number of imidazole rings is 1. The maximum absolute atomic E-state index is 5.87. The van der Waals surface area contributed by atoms with Crippen LogP contribution in [0.4, 0.5) is 0 Å². The second-order valence-corrected chi connectivity index (χ2v) is 4.99. The van der Waals surface area contributed by atoms with Crippen LogP contribution in [0, 0.1) is 27.7 Å². The molecule has 2 aromatic rings. The lowest BCUT2D eigenvalue weighted by Gasteiger charge is -2.11. The molecule has 0 amide bonds. The Morgan fingerprint density at radius 1 is 1.11 bits per heavy atom. The predicted molar refractivity (Wildman–Crippen MR) is 75.5 cm³/mol. The molecular formula is C15H21N3. The lowest BCUT2D eigenvalue weighted by Crippen LogP contribution is -2.06. The summed E-state index contributed by atoms with van der Waals surface area (Å²) in [5.74, 6) is 1.00. The highest BCUT2D eigenvalue weighted by molar-refractivity contribution is 5.70. The molecule has 0 aliphatic carbocycles. The van der Waals surface area contributed by atoms with Gasteiger partial charge >= 0.3 is 0 Å². The minimum atomic E-state index is 0.513. The Bertz CT molecular complexity index is 571. The zero-order valence-corrected chi connectivity index (χ0v) is 11.8. The smallest absolute Gasteiger partial charge is 0.106 e. The monoisotopic (exact) mass is 243 g/mol. The van der Waals surface area contributed by atoms with Crippen molar-refractivity contribution < 1.29 is 0 Å². The van der Waals surface area contributed by atoms with E-state index in [-0.39, 0.29) is 0 Å². The lowest BCUT2D eigenvalue weighted by atomic mass is 9.96. The first-order chi connectivity index (χ1) is 8.45. The van der Waals surface area contributed by atoms with Gasteiger partial charge in [0.05, 0.1) is 11.4 Å². The highest BCUT2D eigenvalue weighted by Crippen LogP contribution is 2.30. The van der Waals surface area contributed by atoms with Crippen molar-refractivity contribution in [2.45, 2.75) is 34.2 Å². The van der Waals surface area contributed by atoms with E-state index in [0.29, 0.717) is 6.54 Å². The van der Waals surface area contributed by atoms with Gasteiger partial charge in [-0.2, -0.15) is 0 Å². The van der Waals surface area contributed by atoms with Gasteiger partial charge in [-0.15, -0.1) is 0 Å². The second kappa shape index (κ2) is 4.58. The molecule has 3 heteroatoms. The molecule has 0 saturated heterocycles. The molecule has 0 unspecified atom stereocenters. The van der Waals surface area contributed by atoms with E-state index in [9.17, 15) is 0 Å². The zero-order chi connectivity index (χ0) is 13.4. The first-order valence-electron chi connectivity index (χ1n) is 6.26. The van der Waals surface area contributed by atoms with E-state index in [2.05, 4.69) is 42.5 Å². The molecule has 1 aromatic heterocycles. The molecule has 1 heterocycles. The molecular weight excluding hydrogens is 222 g/mol. The van der Waals surface area contributed by atoms with Crippen molar-refractivity contribution in [1.82, 2.24) is 9.55 Å². The van der Waals surface area contributed by atoms with Gasteiger partial charge in [0.15, 0.2) is 0 Å². The zero-order valence-electron chi connectivity index (χ0n) is 11.8. The standard InChI is InChI=1S/C15H21N3/c1-9-6-10(2)14(11(3)7-9)15-13(8-16)18(5)12(4)17-15/h6-7H,8,16H2,1-5H3. The van der Waals surface area contributed by atoms with Crippen molar-refractivity contribution in [3.05, 3.63) is 40.3 Å². The molecule has 2 N–H and O–H groups in total. The van der Waals surface area contributed by atoms with Crippen LogP contribution in [-0.2, 0) is 13.6 Å². The average molecular weight is 243 g/mol. The molecule has 18 heavy (non-hydrogen) atoms. The molecule has 3 nitrogen and oxygen atoms in total. The fourth-order valence-corrected chi connectivity index (χ4v) is 2.64. The van der Waals surface area contributed by atoms with Gasteiger partial charge in [0.2, 0.25) is 0 Å². The molecule has 0 aliphatic rings. The summed E-state index contributed by atoms with van der Waals surface area (Å²) in [6, 6.07) is 4.40. The number of nitrogens with two attached hydrogens (primary N) is 1. The van der Waals surface area contributed by atoms with E-state index in [1.165, 1.54) is 22.3 Å². The van der Waals surface area contributed by atoms with Crippen LogP contribution in [0.3, 0.4) is 0 Å². The van der Waals surface area contributed by atoms with Crippen LogP contribution >= 0.6 is 0 Å². The van der Waals surface area contributed by atoms with E-state index in [0.717, 1.165) is 17.2 Å². The first kappa shape index (κ1) is 12.8. The Morgan fingerprint density at radius 2 is 1.67 bits per heavy atom. The van der Waals surface area contributed by atoms with E-state index < -0.39 is 0 Å². The Morgan fingerprint density at radius 3 is 2.17 bits per heavy atom. The van der Waals surface area contributed by atoms with Gasteiger partial charge in [-0.25, -0.2) is 4.98 Å². The molecule has 96 valence electrons. The van der Waals surface area contributed by atoms with Crippen molar-refractivity contribution in [3.63, 3.8) is 0 Å². The van der Waals surface area contributed by atoms with Gasteiger partial charge in [0.25, 0.3) is 0 Å². The normalized spacial score (nSPS) is 11.0. The summed E-state index contributed by atoms with van der Waals surface area (Å²) in [6.07, 6.45) is 0. The maximum atomic E-state index is 5.87. The average Bonchev–Trinajstić information content (AvgIpc) is 2.53. The second-order valence-electron chi connectivity index (χ2n) is 4.99. The summed E-state index contributed by atoms with van der Waals surface area (Å²) in [5.41, 5.74) is 13.0. The number of nitrogens with zero attached hydrogens (tertiary/aromatic N) is 2. The van der Waals surface area contributed by atoms with Crippen LogP contribution in [0.15, 0.2) is 12.1 Å². The molecule has 1 aromatic carbocycles. The summed E-state index contributed by atoms with van der Waals surface area (Å²) in [6.45, 7) is 8.93. The summed E-state index contributed by atoms with van der Waals surface area (Å²) in [5, 5.41) is 0. The molecule has 2 rings (SSSR count). The fourth-order valence-electron chi connectivity index (χ4n) is 2.64. The van der Waals surface area contributed by atoms with Gasteiger partial charge in [0, 0.05) is 19.2 Å². The first-order valence-corrected chi connectivity index (χ1v) is 6.26. The highest BCUT2D eigenvalue weighted by Gasteiger charge is 2.16. The predicted octanol–water partition coefficient (Wildman–Crippen LogP) is 2.78. The third-order valence-electron chi connectivity index (χ3n) is 3.54. The van der Waals surface area contributed by atoms with E-state index in [1.807, 2.05) is 14.0 Å². The summed E-state index contributed by atoms with van der Waals surface area (Å²) in [7, 11) is 2.02. The minimum Gasteiger partial charge on any atom is -0.334 e. The highest BCUT2D eigenvalue weighted by atomic mass is 15.1. The SMILES string of the molecule is Cc1cc(C)c(-c2nc(C)n(C)c2CN)c(C)c1. The largest absolute Gasteiger partial charge is 0.334 e. The van der Waals surface area contributed by atoms with Crippen LogP contribution in [-0.4, -0.2) is 9.55 Å². The van der Waals surface area contributed by atoms with Crippen molar-refractivity contribution in [3.8, 4) is 11.3 Å². The Kier molecular flexibility index (Phi) is 3.26. The minimum absolute atomic E-state index is 0.513. The van der Waals surface area contributed by atoms with E-state index in [4.69, 9.17) is 5.73 Å². The summed E-state index contributed by atoms with van der Waals surface area (Å²) in [4.78, 5) is 4.69. The summed E-state index contributed by atoms with van der Waals surface area (Å²) < 4.78 is 2.08. The number of hydrogen-bond acceptors (Lipinski definition) is 2. The van der Waals surface area contributed by atoms with E-state index >= 15 is 0 Å². The van der Waals surface area contributed by atoms with Gasteiger partial charge in [-0.1, -0.05) is 17.7 Å². The van der Waals surface area contributed by atoms with Gasteiger partial charge in [-0.3, -0.25) is 0 Å². The van der Waals surface area contributed by atoms with Crippen molar-refractivity contribution >= 4 is 0 Å². The third kappa shape index (κ3) is 1.95. The van der Waals surface area contributed by atoms with Gasteiger partial charge < -0.3 is 10.3 Å². The Labute approximate surface area is 109 Å². The molecule has 0 saturated carbocycles. The van der Waals surface area contributed by atoms with Crippen LogP contribution < -0.4 is 5.73 Å². The molecule has 0 aliphatic heterocycles. The van der Waals surface area contributed by atoms with Gasteiger partial charge in [0.1, 0.15) is 5.82 Å². The number of aryl methyl sites for hydroxylation is 4. The van der Waals surface area contributed by atoms with Crippen molar-refractivity contribution in [2.75, 3.05) is 0 Å². The van der Waals surface area contributed by atoms with Crippen LogP contribution in [0.25, 0.3) is 11.3 Å². The van der Waals surface area contributed by atoms with Crippen LogP contribution in [0.1, 0.15) is 28.2 Å². The van der Waals surface area contributed by atoms with Crippen LogP contribution in [0.5, 0.6) is 0 Å². The topological polar surface area (TPSA) is 43.8 Å². The van der Waals surface area contributed by atoms with Crippen molar-refractivity contribution in [2.24, 2.45) is 12.8 Å². The molecule has 0 bridgehead atoms. The molecule has 0 atom stereocenters. The van der Waals surface area contributed by atoms with E-state index in [1.54, 1.807) is 0 Å². The fraction of sp³-hybridized carbons (Fsp3) is 0.400. The van der Waals surface area contributed by atoms with Gasteiger partial charge in [-0.05, 0) is 38.8 Å². The number of rotatable bonds is 2. The summed E-state index contributed by atoms with van der Waals surface area (Å²) >= 11 is 0. The Balaban J connectivity index is 2.73. The number of benzene rings is 1. The quantitative estimate of drug-likeness (QED) is 0.881. The number of hydrogen-bond donors (Lipinski definition) is 1. The molecule has 0 spiro atoms. The maximum Gasteiger partial charge on any atom is 0.106 e. The number of aromatic nitrogens is 2. The van der Waals surface area contributed by atoms with Crippen molar-refractivity contribution in [1.29, 1.82) is 0 Å². The molecule has 0 radical (unpaired) electrons. The Hall–Kier alpha value is -1.61. The molecule has 0 fully saturated rings.